The van der Waals surface area contributed by atoms with Crippen LogP contribution in [0.2, 0.25) is 0 Å². The molecule has 1 aromatic heterocycles. The summed E-state index contributed by atoms with van der Waals surface area (Å²) < 4.78 is 12.0. The van der Waals surface area contributed by atoms with E-state index < -0.39 is 48.0 Å². The van der Waals surface area contributed by atoms with Crippen LogP contribution in [0, 0.1) is 23.7 Å². The van der Waals surface area contributed by atoms with Gasteiger partial charge in [0.25, 0.3) is 5.91 Å². The van der Waals surface area contributed by atoms with Gasteiger partial charge in [0.2, 0.25) is 11.8 Å². The number of amides is 3. The van der Waals surface area contributed by atoms with Crippen LogP contribution in [0.15, 0.2) is 29.6 Å². The summed E-state index contributed by atoms with van der Waals surface area (Å²) in [5.41, 5.74) is 0.882. The molecule has 3 rings (SSSR count). The lowest BCUT2D eigenvalue weighted by molar-refractivity contribution is -0.153. The molecule has 0 saturated carbocycles. The van der Waals surface area contributed by atoms with E-state index in [0.717, 1.165) is 49.1 Å². The summed E-state index contributed by atoms with van der Waals surface area (Å²) >= 11 is 1.15. The van der Waals surface area contributed by atoms with Gasteiger partial charge in [-0.05, 0) is 81.1 Å². The number of likely N-dealkylation sites (tertiary alicyclic amines) is 1. The first-order valence-corrected chi connectivity index (χ1v) is 21.6. The number of aromatic hydroxyl groups is 1. The van der Waals surface area contributed by atoms with Crippen molar-refractivity contribution >= 4 is 41.0 Å². The van der Waals surface area contributed by atoms with Crippen molar-refractivity contribution in [1.82, 2.24) is 25.4 Å². The highest BCUT2D eigenvalue weighted by atomic mass is 32.1. The number of carbonyl (C=O) groups excluding carboxylic acids is 4. The third-order valence-corrected chi connectivity index (χ3v) is 11.9. The number of likely N-dealkylation sites (N-methyl/N-ethyl adjacent to an activating group) is 1. The van der Waals surface area contributed by atoms with Crippen LogP contribution in [0.3, 0.4) is 0 Å². The van der Waals surface area contributed by atoms with Gasteiger partial charge < -0.3 is 35.2 Å². The van der Waals surface area contributed by atoms with Crippen LogP contribution >= 0.6 is 11.3 Å². The average molecular weight is 830 g/mol. The number of piperidine rings is 1. The largest absolute Gasteiger partial charge is 0.508 e. The predicted molar refractivity (Wildman–Crippen MR) is 223 cm³/mol. The number of nitrogens with zero attached hydrogens (tertiary/aromatic N) is 3. The first-order chi connectivity index (χ1) is 27.4. The number of rotatable bonds is 23. The Morgan fingerprint density at radius 2 is 1.71 bits per heavy atom. The van der Waals surface area contributed by atoms with E-state index in [1.165, 1.54) is 19.1 Å². The third kappa shape index (κ3) is 14.9. The number of phenols is 1. The fraction of sp³-hybridized carbons (Fsp3) is 0.674. The van der Waals surface area contributed by atoms with Crippen molar-refractivity contribution in [3.8, 4) is 5.75 Å². The van der Waals surface area contributed by atoms with Gasteiger partial charge in [-0.25, -0.2) is 4.98 Å². The predicted octanol–water partition coefficient (Wildman–Crippen LogP) is 6.18. The van der Waals surface area contributed by atoms with Gasteiger partial charge in [-0.3, -0.25) is 28.9 Å². The topological polar surface area (TPSA) is 188 Å². The zero-order chi connectivity index (χ0) is 43.1. The minimum absolute atomic E-state index is 0.0317. The molecule has 4 N–H and O–H groups in total. The Labute approximate surface area is 348 Å². The van der Waals surface area contributed by atoms with Crippen molar-refractivity contribution in [3.05, 3.63) is 45.9 Å². The van der Waals surface area contributed by atoms with E-state index in [0.29, 0.717) is 30.4 Å². The maximum absolute atomic E-state index is 14.8. The molecule has 0 radical (unpaired) electrons. The second kappa shape index (κ2) is 23.5. The molecule has 1 aromatic carbocycles. The molecule has 14 nitrogen and oxygen atoms in total. The van der Waals surface area contributed by atoms with Gasteiger partial charge in [-0.1, -0.05) is 73.4 Å². The summed E-state index contributed by atoms with van der Waals surface area (Å²) in [6, 6.07) is 4.28. The maximum Gasteiger partial charge on any atom is 0.306 e. The first-order valence-electron chi connectivity index (χ1n) is 20.7. The summed E-state index contributed by atoms with van der Waals surface area (Å²) in [4.78, 5) is 74.8. The van der Waals surface area contributed by atoms with Crippen LogP contribution in [0.5, 0.6) is 5.75 Å². The van der Waals surface area contributed by atoms with Crippen LogP contribution in [0.1, 0.15) is 127 Å². The van der Waals surface area contributed by atoms with Gasteiger partial charge in [0.05, 0.1) is 12.0 Å². The summed E-state index contributed by atoms with van der Waals surface area (Å²) in [5.74, 6) is -3.10. The molecule has 7 atom stereocenters. The molecule has 1 saturated heterocycles. The maximum atomic E-state index is 14.8. The average Bonchev–Trinajstić information content (AvgIpc) is 3.66. The quantitative estimate of drug-likeness (QED) is 0.0569. The van der Waals surface area contributed by atoms with Crippen LogP contribution in [-0.4, -0.2) is 106 Å². The Morgan fingerprint density at radius 3 is 2.29 bits per heavy atom. The number of hydrogen-bond donors (Lipinski definition) is 4. The van der Waals surface area contributed by atoms with E-state index in [1.54, 1.807) is 29.3 Å². The highest BCUT2D eigenvalue weighted by Gasteiger charge is 2.39. The van der Waals surface area contributed by atoms with E-state index >= 15 is 0 Å². The number of benzene rings is 1. The van der Waals surface area contributed by atoms with Crippen LogP contribution in [0.25, 0.3) is 0 Å². The molecule has 0 bridgehead atoms. The molecule has 0 aliphatic carbocycles. The third-order valence-electron chi connectivity index (χ3n) is 11.0. The lowest BCUT2D eigenvalue weighted by atomic mass is 9.92. The number of esters is 1. The number of phenolic OH excluding ortho intramolecular Hbond substituents is 1. The van der Waals surface area contributed by atoms with E-state index in [-0.39, 0.29) is 60.7 Å². The van der Waals surface area contributed by atoms with E-state index in [1.807, 2.05) is 39.6 Å². The highest BCUT2D eigenvalue weighted by Crippen LogP contribution is 2.32. The lowest BCUT2D eigenvalue weighted by Crippen LogP contribution is -2.59. The van der Waals surface area contributed by atoms with Gasteiger partial charge in [-0.2, -0.15) is 0 Å². The normalized spacial score (nSPS) is 17.8. The number of carboxylic acids is 1. The Balaban J connectivity index is 1.93. The van der Waals surface area contributed by atoms with Crippen molar-refractivity contribution in [3.63, 3.8) is 0 Å². The van der Waals surface area contributed by atoms with Crippen molar-refractivity contribution < 1.29 is 43.7 Å². The van der Waals surface area contributed by atoms with Gasteiger partial charge in [0, 0.05) is 37.4 Å². The number of aromatic nitrogens is 1. The van der Waals surface area contributed by atoms with Crippen molar-refractivity contribution in [2.24, 2.45) is 23.7 Å². The standard InChI is InChI=1S/C43H67N5O9S/c1-10-28(6)38(46-40(52)35-13-11-12-19-47(35)9)42(53)48(25-56-20-18-26(2)3)36(27(4)5)23-37(57-30(8)49)41-45-34(24-58-41)39(51)44-32(21-29(7)43(54)55)22-31-14-16-33(50)17-15-31/h14-17,24,26-29,32,35-38,50H,10-13,18-23,25H2,1-9H3,(H,44,51)(H,46,52)(H,54,55)/t28-,29-,32+,35+,36+,37+,38-/m0/s1. The summed E-state index contributed by atoms with van der Waals surface area (Å²) in [7, 11) is 1.94. The number of aliphatic carboxylic acids is 1. The molecule has 0 unspecified atom stereocenters. The minimum Gasteiger partial charge on any atom is -0.508 e. The van der Waals surface area contributed by atoms with Crippen molar-refractivity contribution in [2.45, 2.75) is 137 Å². The molecule has 2 heterocycles. The molecule has 2 aromatic rings. The van der Waals surface area contributed by atoms with E-state index in [9.17, 15) is 34.2 Å². The van der Waals surface area contributed by atoms with Gasteiger partial charge in [0.1, 0.15) is 29.2 Å². The van der Waals surface area contributed by atoms with E-state index in [2.05, 4.69) is 29.5 Å². The summed E-state index contributed by atoms with van der Waals surface area (Å²) in [6.45, 7) is 16.2. The fourth-order valence-corrected chi connectivity index (χ4v) is 7.98. The Morgan fingerprint density at radius 1 is 1.02 bits per heavy atom. The number of carboxylic acid groups (broad SMARTS) is 1. The molecule has 1 aliphatic heterocycles. The number of hydrogen-bond acceptors (Lipinski definition) is 11. The SMILES string of the molecule is CC[C@H](C)[C@H](NC(=O)[C@H]1CCCCN1C)C(=O)N(COCCC(C)C)[C@H](C[C@@H](OC(C)=O)c1nc(C(=O)N[C@@H](Cc2ccc(O)cc2)C[C@H](C)C(=O)O)cs1)C(C)C. The monoisotopic (exact) mass is 829 g/mol. The fourth-order valence-electron chi connectivity index (χ4n) is 7.14. The highest BCUT2D eigenvalue weighted by molar-refractivity contribution is 7.09. The molecule has 3 amide bonds. The van der Waals surface area contributed by atoms with Gasteiger partial charge >= 0.3 is 11.9 Å². The molecule has 15 heteroatoms. The Bertz CT molecular complexity index is 1630. The number of thiazole rings is 1. The Kier molecular flexibility index (Phi) is 19.6. The molecular formula is C43H67N5O9S. The second-order valence-electron chi connectivity index (χ2n) is 16.6. The molecule has 324 valence electrons. The number of ether oxygens (including phenoxy) is 2. The first kappa shape index (κ1) is 48.3. The molecule has 58 heavy (non-hydrogen) atoms. The minimum atomic E-state index is -0.989. The summed E-state index contributed by atoms with van der Waals surface area (Å²) in [6.07, 6.45) is 3.83. The van der Waals surface area contributed by atoms with Crippen molar-refractivity contribution in [1.29, 1.82) is 0 Å². The van der Waals surface area contributed by atoms with Crippen LogP contribution in [-0.2, 0) is 35.1 Å². The Hall–Kier alpha value is -4.08. The lowest BCUT2D eigenvalue weighted by Gasteiger charge is -2.40. The van der Waals surface area contributed by atoms with Crippen molar-refractivity contribution in [2.75, 3.05) is 26.9 Å². The van der Waals surface area contributed by atoms with E-state index in [4.69, 9.17) is 9.47 Å². The molecule has 0 spiro atoms. The van der Waals surface area contributed by atoms with Crippen LogP contribution in [0.4, 0.5) is 0 Å². The molecular weight excluding hydrogens is 763 g/mol. The molecule has 1 aliphatic rings. The smallest absolute Gasteiger partial charge is 0.306 e. The number of nitrogens with one attached hydrogen (secondary N) is 2. The van der Waals surface area contributed by atoms with Gasteiger partial charge in [0.15, 0.2) is 6.10 Å². The van der Waals surface area contributed by atoms with Gasteiger partial charge in [-0.15, -0.1) is 11.3 Å². The second-order valence-corrected chi connectivity index (χ2v) is 17.5. The zero-order valence-electron chi connectivity index (χ0n) is 35.9. The van der Waals surface area contributed by atoms with Crippen LogP contribution < -0.4 is 10.6 Å². The summed E-state index contributed by atoms with van der Waals surface area (Å²) in [5, 5.41) is 27.3. The number of carbonyl (C=O) groups is 5. The molecule has 1 fully saturated rings. The zero-order valence-corrected chi connectivity index (χ0v) is 36.7.